The normalized spacial score (nSPS) is 12.1. The number of carboxylic acids is 2. The van der Waals surface area contributed by atoms with E-state index in [0.717, 1.165) is 51.4 Å². The molecule has 0 amide bonds. The van der Waals surface area contributed by atoms with Crippen molar-refractivity contribution in [1.29, 1.82) is 0 Å². The van der Waals surface area contributed by atoms with Gasteiger partial charge in [0.2, 0.25) is 0 Å². The summed E-state index contributed by atoms with van der Waals surface area (Å²) in [5.74, 6) is -1.10. The van der Waals surface area contributed by atoms with Crippen molar-refractivity contribution < 1.29 is 19.8 Å². The quantitative estimate of drug-likeness (QED) is 0.471. The van der Waals surface area contributed by atoms with Crippen LogP contribution < -0.4 is 0 Å². The SMILES string of the molecule is CC(C)C(CCCCCCCCCC(=O)O)(C(=O)O)C(C)C. The predicted octanol–water partition coefficient (Wildman–Crippen LogP) is 4.96. The third kappa shape index (κ3) is 6.80. The highest BCUT2D eigenvalue weighted by molar-refractivity contribution is 5.75. The molecule has 0 fully saturated rings. The largest absolute Gasteiger partial charge is 0.481 e. The highest BCUT2D eigenvalue weighted by Crippen LogP contribution is 2.41. The number of aliphatic carboxylic acids is 2. The van der Waals surface area contributed by atoms with Crippen LogP contribution in [0.5, 0.6) is 0 Å². The summed E-state index contributed by atoms with van der Waals surface area (Å²) in [5.41, 5.74) is -0.610. The molecule has 0 saturated carbocycles. The summed E-state index contributed by atoms with van der Waals surface area (Å²) in [6.45, 7) is 8.04. The fraction of sp³-hybridized carbons (Fsp3) is 0.889. The molecule has 0 aliphatic heterocycles. The van der Waals surface area contributed by atoms with Gasteiger partial charge in [-0.1, -0.05) is 66.2 Å². The summed E-state index contributed by atoms with van der Waals surface area (Å²) < 4.78 is 0. The van der Waals surface area contributed by atoms with Crippen LogP contribution in [0.1, 0.15) is 85.5 Å². The van der Waals surface area contributed by atoms with Crippen LogP contribution in [0, 0.1) is 17.3 Å². The topological polar surface area (TPSA) is 74.6 Å². The molecule has 0 aromatic rings. The molecule has 0 saturated heterocycles. The molecule has 0 spiro atoms. The lowest BCUT2D eigenvalue weighted by molar-refractivity contribution is -0.156. The molecule has 0 aromatic heterocycles. The highest BCUT2D eigenvalue weighted by atomic mass is 16.4. The first-order chi connectivity index (χ1) is 10.2. The van der Waals surface area contributed by atoms with E-state index >= 15 is 0 Å². The molecule has 22 heavy (non-hydrogen) atoms. The molecular weight excluding hydrogens is 280 g/mol. The number of rotatable bonds is 13. The first-order valence-corrected chi connectivity index (χ1v) is 8.70. The standard InChI is InChI=1S/C18H34O4/c1-14(2)18(15(3)4,17(21)22)13-11-9-7-5-6-8-10-12-16(19)20/h14-15H,5-13H2,1-4H3,(H,19,20)(H,21,22). The molecule has 0 aliphatic rings. The molecule has 2 N–H and O–H groups in total. The van der Waals surface area contributed by atoms with Gasteiger partial charge in [-0.2, -0.15) is 0 Å². The first kappa shape index (κ1) is 20.9. The number of hydrogen-bond acceptors (Lipinski definition) is 2. The van der Waals surface area contributed by atoms with Crippen LogP contribution in [-0.2, 0) is 9.59 Å². The van der Waals surface area contributed by atoms with Crippen molar-refractivity contribution in [3.05, 3.63) is 0 Å². The third-order valence-electron chi connectivity index (χ3n) is 4.94. The van der Waals surface area contributed by atoms with Crippen molar-refractivity contribution in [2.24, 2.45) is 17.3 Å². The molecule has 0 aromatic carbocycles. The second-order valence-electron chi connectivity index (χ2n) is 7.02. The first-order valence-electron chi connectivity index (χ1n) is 8.70. The van der Waals surface area contributed by atoms with Gasteiger partial charge in [-0.25, -0.2) is 0 Å². The van der Waals surface area contributed by atoms with E-state index in [1.165, 1.54) is 0 Å². The molecule has 0 unspecified atom stereocenters. The maximum Gasteiger partial charge on any atom is 0.310 e. The van der Waals surface area contributed by atoms with E-state index in [1.807, 2.05) is 27.7 Å². The van der Waals surface area contributed by atoms with Crippen LogP contribution in [0.2, 0.25) is 0 Å². The summed E-state index contributed by atoms with van der Waals surface area (Å²) >= 11 is 0. The van der Waals surface area contributed by atoms with E-state index in [4.69, 9.17) is 5.11 Å². The van der Waals surface area contributed by atoms with Crippen LogP contribution >= 0.6 is 0 Å². The second-order valence-corrected chi connectivity index (χ2v) is 7.02. The Labute approximate surface area is 135 Å². The lowest BCUT2D eigenvalue weighted by atomic mass is 9.66. The Morgan fingerprint density at radius 2 is 1.18 bits per heavy atom. The Kier molecular flexibility index (Phi) is 10.1. The fourth-order valence-corrected chi connectivity index (χ4v) is 3.42. The van der Waals surface area contributed by atoms with Crippen molar-refractivity contribution in [3.8, 4) is 0 Å². The smallest absolute Gasteiger partial charge is 0.310 e. The van der Waals surface area contributed by atoms with Gasteiger partial charge in [0.15, 0.2) is 0 Å². The number of carbonyl (C=O) groups is 2. The summed E-state index contributed by atoms with van der Waals surface area (Å²) in [4.78, 5) is 22.1. The zero-order valence-electron chi connectivity index (χ0n) is 14.7. The van der Waals surface area contributed by atoms with Crippen LogP contribution in [0.3, 0.4) is 0 Å². The monoisotopic (exact) mass is 314 g/mol. The number of carboxylic acid groups (broad SMARTS) is 2. The van der Waals surface area contributed by atoms with E-state index in [9.17, 15) is 14.7 Å². The van der Waals surface area contributed by atoms with E-state index < -0.39 is 17.4 Å². The van der Waals surface area contributed by atoms with Gasteiger partial charge in [-0.3, -0.25) is 9.59 Å². The Hall–Kier alpha value is -1.06. The molecule has 0 rings (SSSR count). The summed E-state index contributed by atoms with van der Waals surface area (Å²) in [6, 6.07) is 0. The minimum atomic E-state index is -0.715. The molecule has 0 aliphatic carbocycles. The van der Waals surface area contributed by atoms with Gasteiger partial charge in [-0.15, -0.1) is 0 Å². The third-order valence-corrected chi connectivity index (χ3v) is 4.94. The predicted molar refractivity (Wildman–Crippen MR) is 88.9 cm³/mol. The Morgan fingerprint density at radius 1 is 0.773 bits per heavy atom. The van der Waals surface area contributed by atoms with Crippen LogP contribution in [-0.4, -0.2) is 22.2 Å². The lowest BCUT2D eigenvalue weighted by Gasteiger charge is -2.37. The van der Waals surface area contributed by atoms with Crippen molar-refractivity contribution in [3.63, 3.8) is 0 Å². The van der Waals surface area contributed by atoms with Crippen molar-refractivity contribution in [1.82, 2.24) is 0 Å². The van der Waals surface area contributed by atoms with Gasteiger partial charge in [0, 0.05) is 6.42 Å². The van der Waals surface area contributed by atoms with Crippen molar-refractivity contribution >= 4 is 11.9 Å². The van der Waals surface area contributed by atoms with Gasteiger partial charge in [0.1, 0.15) is 0 Å². The minimum absolute atomic E-state index is 0.140. The number of hydrogen-bond donors (Lipinski definition) is 2. The van der Waals surface area contributed by atoms with Gasteiger partial charge in [0.05, 0.1) is 5.41 Å². The van der Waals surface area contributed by atoms with E-state index in [1.54, 1.807) is 0 Å². The molecule has 0 radical (unpaired) electrons. The maximum atomic E-state index is 11.7. The van der Waals surface area contributed by atoms with Crippen LogP contribution in [0.4, 0.5) is 0 Å². The van der Waals surface area contributed by atoms with Gasteiger partial charge < -0.3 is 10.2 Å². The van der Waals surface area contributed by atoms with Crippen LogP contribution in [0.25, 0.3) is 0 Å². The average Bonchev–Trinajstić information content (AvgIpc) is 2.39. The van der Waals surface area contributed by atoms with Gasteiger partial charge in [-0.05, 0) is 24.7 Å². The molecule has 130 valence electrons. The molecule has 0 atom stereocenters. The Balaban J connectivity index is 3.96. The van der Waals surface area contributed by atoms with E-state index in [2.05, 4.69) is 0 Å². The van der Waals surface area contributed by atoms with E-state index in [-0.39, 0.29) is 18.3 Å². The second kappa shape index (κ2) is 10.6. The molecule has 4 heteroatoms. The molecule has 4 nitrogen and oxygen atoms in total. The molecule has 0 heterocycles. The average molecular weight is 314 g/mol. The summed E-state index contributed by atoms with van der Waals surface area (Å²) in [7, 11) is 0. The number of unbranched alkanes of at least 4 members (excludes halogenated alkanes) is 6. The minimum Gasteiger partial charge on any atom is -0.481 e. The Bertz CT molecular complexity index is 326. The fourth-order valence-electron chi connectivity index (χ4n) is 3.42. The zero-order chi connectivity index (χ0) is 17.2. The summed E-state index contributed by atoms with van der Waals surface area (Å²) in [5, 5.41) is 18.2. The highest BCUT2D eigenvalue weighted by Gasteiger charge is 2.43. The van der Waals surface area contributed by atoms with Crippen molar-refractivity contribution in [2.45, 2.75) is 85.5 Å². The van der Waals surface area contributed by atoms with E-state index in [0.29, 0.717) is 0 Å². The molecular formula is C18H34O4. The Morgan fingerprint density at radius 3 is 1.55 bits per heavy atom. The van der Waals surface area contributed by atoms with Gasteiger partial charge in [0.25, 0.3) is 0 Å². The molecule has 0 bridgehead atoms. The maximum absolute atomic E-state index is 11.7. The van der Waals surface area contributed by atoms with Gasteiger partial charge >= 0.3 is 11.9 Å². The van der Waals surface area contributed by atoms with Crippen molar-refractivity contribution in [2.75, 3.05) is 0 Å². The summed E-state index contributed by atoms with van der Waals surface area (Å²) in [6.07, 6.45) is 8.07. The zero-order valence-corrected chi connectivity index (χ0v) is 14.7. The van der Waals surface area contributed by atoms with Crippen LogP contribution in [0.15, 0.2) is 0 Å². The lowest BCUT2D eigenvalue weighted by Crippen LogP contribution is -2.41.